The molecule has 1 N–H and O–H groups in total. The highest BCUT2D eigenvalue weighted by Gasteiger charge is 2.23. The largest absolute Gasteiger partial charge is 0.384 e. The Bertz CT molecular complexity index is 928. The summed E-state index contributed by atoms with van der Waals surface area (Å²) in [6.45, 7) is 1.96. The van der Waals surface area contributed by atoms with Crippen molar-refractivity contribution in [2.24, 2.45) is 0 Å². The SMILES string of the molecule is Cc1ccc(S(=O)(=O)N(CC#Cc2ccccc2)CCC#CCO)cc1. The second kappa shape index (κ2) is 9.79. The Morgan fingerprint density at radius 3 is 2.31 bits per heavy atom. The van der Waals surface area contributed by atoms with Gasteiger partial charge in [-0.05, 0) is 31.2 Å². The van der Waals surface area contributed by atoms with Gasteiger partial charge < -0.3 is 5.11 Å². The predicted molar refractivity (Wildman–Crippen MR) is 103 cm³/mol. The standard InChI is InChI=1S/C21H21NO3S/c1-19-12-14-21(15-13-19)26(24,25)22(16-6-3-7-18-23)17-8-11-20-9-4-2-5-10-20/h2,4-5,9-10,12-15,23H,6,16-18H2,1H3. The minimum Gasteiger partial charge on any atom is -0.384 e. The van der Waals surface area contributed by atoms with Crippen molar-refractivity contribution in [3.8, 4) is 23.7 Å². The third-order valence-corrected chi connectivity index (χ3v) is 5.47. The van der Waals surface area contributed by atoms with E-state index in [-0.39, 0.29) is 24.6 Å². The number of aliphatic hydroxyl groups excluding tert-OH is 1. The van der Waals surface area contributed by atoms with E-state index in [1.807, 2.05) is 37.3 Å². The van der Waals surface area contributed by atoms with E-state index in [4.69, 9.17) is 5.11 Å². The fourth-order valence-corrected chi connectivity index (χ4v) is 3.56. The minimum absolute atomic E-state index is 0.0753. The molecule has 0 bridgehead atoms. The van der Waals surface area contributed by atoms with E-state index in [0.717, 1.165) is 11.1 Å². The van der Waals surface area contributed by atoms with Gasteiger partial charge in [0.15, 0.2) is 0 Å². The Morgan fingerprint density at radius 2 is 1.65 bits per heavy atom. The Balaban J connectivity index is 2.22. The quantitative estimate of drug-likeness (QED) is 0.826. The first-order valence-corrected chi connectivity index (χ1v) is 9.65. The second-order valence-corrected chi connectivity index (χ2v) is 7.52. The van der Waals surface area contributed by atoms with Gasteiger partial charge in [-0.3, -0.25) is 0 Å². The van der Waals surface area contributed by atoms with E-state index in [9.17, 15) is 8.42 Å². The second-order valence-electron chi connectivity index (χ2n) is 5.58. The van der Waals surface area contributed by atoms with Gasteiger partial charge in [0.1, 0.15) is 6.61 Å². The van der Waals surface area contributed by atoms with Gasteiger partial charge >= 0.3 is 0 Å². The van der Waals surface area contributed by atoms with Crippen LogP contribution >= 0.6 is 0 Å². The van der Waals surface area contributed by atoms with Gasteiger partial charge in [0.05, 0.1) is 11.4 Å². The van der Waals surface area contributed by atoms with Crippen LogP contribution in [0.4, 0.5) is 0 Å². The number of aliphatic hydroxyl groups is 1. The number of hydrogen-bond donors (Lipinski definition) is 1. The Labute approximate surface area is 155 Å². The Hall–Kier alpha value is -2.57. The van der Waals surface area contributed by atoms with Crippen LogP contribution in [0.15, 0.2) is 59.5 Å². The Kier molecular flexibility index (Phi) is 7.44. The summed E-state index contributed by atoms with van der Waals surface area (Å²) in [6.07, 6.45) is 0.332. The van der Waals surface area contributed by atoms with Gasteiger partial charge in [-0.15, -0.1) is 0 Å². The first-order valence-electron chi connectivity index (χ1n) is 8.21. The summed E-state index contributed by atoms with van der Waals surface area (Å²) in [5, 5.41) is 8.74. The molecule has 0 amide bonds. The van der Waals surface area contributed by atoms with Crippen LogP contribution in [0, 0.1) is 30.6 Å². The third-order valence-electron chi connectivity index (χ3n) is 3.61. The lowest BCUT2D eigenvalue weighted by molar-refractivity contribution is 0.350. The van der Waals surface area contributed by atoms with Crippen LogP contribution in [-0.4, -0.2) is 37.5 Å². The zero-order valence-corrected chi connectivity index (χ0v) is 15.5. The van der Waals surface area contributed by atoms with Crippen molar-refractivity contribution in [2.75, 3.05) is 19.7 Å². The molecule has 0 saturated heterocycles. The molecular formula is C21H21NO3S. The van der Waals surface area contributed by atoms with Gasteiger partial charge in [0.2, 0.25) is 10.0 Å². The first-order chi connectivity index (χ1) is 12.5. The maximum absolute atomic E-state index is 12.9. The van der Waals surface area contributed by atoms with Gasteiger partial charge in [-0.2, -0.15) is 4.31 Å². The highest BCUT2D eigenvalue weighted by Crippen LogP contribution is 2.16. The zero-order chi connectivity index (χ0) is 18.8. The van der Waals surface area contributed by atoms with Crippen molar-refractivity contribution < 1.29 is 13.5 Å². The van der Waals surface area contributed by atoms with Crippen LogP contribution in [0.3, 0.4) is 0 Å². The smallest absolute Gasteiger partial charge is 0.243 e. The maximum atomic E-state index is 12.9. The summed E-state index contributed by atoms with van der Waals surface area (Å²) >= 11 is 0. The Morgan fingerprint density at radius 1 is 0.962 bits per heavy atom. The number of rotatable bonds is 5. The molecule has 5 heteroatoms. The predicted octanol–water partition coefficient (Wildman–Crippen LogP) is 2.42. The van der Waals surface area contributed by atoms with E-state index in [1.165, 1.54) is 4.31 Å². The summed E-state index contributed by atoms with van der Waals surface area (Å²) in [4.78, 5) is 0.236. The zero-order valence-electron chi connectivity index (χ0n) is 14.6. The fraction of sp³-hybridized carbons (Fsp3) is 0.238. The van der Waals surface area contributed by atoms with E-state index < -0.39 is 10.0 Å². The van der Waals surface area contributed by atoms with Crippen molar-refractivity contribution in [1.29, 1.82) is 0 Å². The molecule has 2 aromatic carbocycles. The molecule has 0 heterocycles. The molecule has 0 aliphatic carbocycles. The van der Waals surface area contributed by atoms with Crippen LogP contribution in [0.25, 0.3) is 0 Å². The first kappa shape index (κ1) is 19.8. The van der Waals surface area contributed by atoms with Crippen molar-refractivity contribution in [2.45, 2.75) is 18.2 Å². The number of sulfonamides is 1. The normalized spacial score (nSPS) is 10.6. The van der Waals surface area contributed by atoms with E-state index in [1.54, 1.807) is 24.3 Å². The average Bonchev–Trinajstić information content (AvgIpc) is 2.65. The molecule has 0 spiro atoms. The summed E-state index contributed by atoms with van der Waals surface area (Å²) in [7, 11) is -3.66. The molecule has 4 nitrogen and oxygen atoms in total. The molecule has 0 unspecified atom stereocenters. The number of hydrogen-bond acceptors (Lipinski definition) is 3. The highest BCUT2D eigenvalue weighted by atomic mass is 32.2. The third kappa shape index (κ3) is 5.75. The molecule has 0 fully saturated rings. The summed E-state index contributed by atoms with van der Waals surface area (Å²) in [6, 6.07) is 16.2. The van der Waals surface area contributed by atoms with Gasteiger partial charge in [0, 0.05) is 18.5 Å². The summed E-state index contributed by atoms with van der Waals surface area (Å²) in [5.74, 6) is 11.2. The van der Waals surface area contributed by atoms with Crippen molar-refractivity contribution in [3.63, 3.8) is 0 Å². The molecule has 0 aliphatic rings. The molecule has 0 atom stereocenters. The lowest BCUT2D eigenvalue weighted by Gasteiger charge is -2.19. The molecule has 0 aromatic heterocycles. The van der Waals surface area contributed by atoms with Gasteiger partial charge in [-0.25, -0.2) is 8.42 Å². The molecule has 0 saturated carbocycles. The van der Waals surface area contributed by atoms with Crippen molar-refractivity contribution in [3.05, 3.63) is 65.7 Å². The van der Waals surface area contributed by atoms with Gasteiger partial charge in [0.25, 0.3) is 0 Å². The minimum atomic E-state index is -3.66. The molecule has 2 aromatic rings. The lowest BCUT2D eigenvalue weighted by atomic mass is 10.2. The molecule has 2 rings (SSSR count). The molecule has 0 radical (unpaired) electrons. The van der Waals surface area contributed by atoms with Crippen molar-refractivity contribution >= 4 is 10.0 Å². The molecule has 26 heavy (non-hydrogen) atoms. The van der Waals surface area contributed by atoms with Crippen LogP contribution < -0.4 is 0 Å². The van der Waals surface area contributed by atoms with Crippen molar-refractivity contribution in [1.82, 2.24) is 4.31 Å². The van der Waals surface area contributed by atoms with Crippen LogP contribution in [-0.2, 0) is 10.0 Å². The maximum Gasteiger partial charge on any atom is 0.243 e. The number of benzene rings is 2. The summed E-state index contributed by atoms with van der Waals surface area (Å²) in [5.41, 5.74) is 1.83. The van der Waals surface area contributed by atoms with Crippen LogP contribution in [0.2, 0.25) is 0 Å². The van der Waals surface area contributed by atoms with Gasteiger partial charge in [-0.1, -0.05) is 59.6 Å². The average molecular weight is 367 g/mol. The van der Waals surface area contributed by atoms with Crippen LogP contribution in [0.5, 0.6) is 0 Å². The number of aryl methyl sites for hydroxylation is 1. The molecular weight excluding hydrogens is 346 g/mol. The van der Waals surface area contributed by atoms with E-state index in [2.05, 4.69) is 23.7 Å². The highest BCUT2D eigenvalue weighted by molar-refractivity contribution is 7.89. The fourth-order valence-electron chi connectivity index (χ4n) is 2.22. The number of nitrogens with zero attached hydrogens (tertiary/aromatic N) is 1. The monoisotopic (exact) mass is 367 g/mol. The molecule has 0 aliphatic heterocycles. The molecule has 134 valence electrons. The summed E-state index contributed by atoms with van der Waals surface area (Å²) < 4.78 is 27.1. The van der Waals surface area contributed by atoms with E-state index in [0.29, 0.717) is 6.42 Å². The van der Waals surface area contributed by atoms with E-state index >= 15 is 0 Å². The van der Waals surface area contributed by atoms with Crippen LogP contribution in [0.1, 0.15) is 17.5 Å². The topological polar surface area (TPSA) is 57.6 Å². The lowest BCUT2D eigenvalue weighted by Crippen LogP contribution is -2.32.